The molecule has 0 spiro atoms. The lowest BCUT2D eigenvalue weighted by Crippen LogP contribution is -2.32. The van der Waals surface area contributed by atoms with E-state index >= 15 is 0 Å². The molecular formula is C13H24O. The van der Waals surface area contributed by atoms with Crippen molar-refractivity contribution in [3.63, 3.8) is 0 Å². The van der Waals surface area contributed by atoms with Crippen LogP contribution in [0, 0.1) is 17.3 Å². The topological polar surface area (TPSA) is 17.1 Å². The van der Waals surface area contributed by atoms with Gasteiger partial charge >= 0.3 is 0 Å². The van der Waals surface area contributed by atoms with E-state index in [0.29, 0.717) is 23.0 Å². The molecule has 0 aliphatic heterocycles. The molecule has 2 atom stereocenters. The van der Waals surface area contributed by atoms with Gasteiger partial charge < -0.3 is 0 Å². The summed E-state index contributed by atoms with van der Waals surface area (Å²) in [6.45, 7) is 8.99. The van der Waals surface area contributed by atoms with E-state index in [4.69, 9.17) is 0 Å². The Morgan fingerprint density at radius 2 is 2.07 bits per heavy atom. The van der Waals surface area contributed by atoms with E-state index in [9.17, 15) is 4.79 Å². The molecule has 1 aliphatic rings. The largest absolute Gasteiger partial charge is 0.299 e. The fourth-order valence-corrected chi connectivity index (χ4v) is 2.86. The molecule has 1 rings (SSSR count). The first-order valence-electron chi connectivity index (χ1n) is 5.99. The smallest absolute Gasteiger partial charge is 0.136 e. The molecule has 0 bridgehead atoms. The Labute approximate surface area is 88.3 Å². The zero-order valence-corrected chi connectivity index (χ0v) is 10.1. The van der Waals surface area contributed by atoms with Crippen LogP contribution >= 0.6 is 0 Å². The summed E-state index contributed by atoms with van der Waals surface area (Å²) in [5.74, 6) is 1.47. The molecule has 0 N–H and O–H groups in total. The second-order valence-electron chi connectivity index (χ2n) is 5.71. The molecule has 0 aromatic heterocycles. The molecule has 0 amide bonds. The predicted molar refractivity (Wildman–Crippen MR) is 60.2 cm³/mol. The fraction of sp³-hybridized carbons (Fsp3) is 0.923. The molecule has 1 fully saturated rings. The molecule has 1 nitrogen and oxygen atoms in total. The van der Waals surface area contributed by atoms with Crippen LogP contribution in [0.15, 0.2) is 0 Å². The summed E-state index contributed by atoms with van der Waals surface area (Å²) in [5, 5.41) is 0. The Kier molecular flexibility index (Phi) is 3.74. The maximum absolute atomic E-state index is 11.8. The van der Waals surface area contributed by atoms with Crippen LogP contribution in [0.25, 0.3) is 0 Å². The number of ketones is 1. The average Bonchev–Trinajstić information content (AvgIpc) is 2.02. The Morgan fingerprint density at radius 1 is 1.43 bits per heavy atom. The van der Waals surface area contributed by atoms with Gasteiger partial charge in [-0.1, -0.05) is 27.7 Å². The number of hydrogen-bond acceptors (Lipinski definition) is 1. The third-order valence-electron chi connectivity index (χ3n) is 3.60. The number of hydrogen-bond donors (Lipinski definition) is 0. The molecule has 0 heterocycles. The molecule has 14 heavy (non-hydrogen) atoms. The normalized spacial score (nSPS) is 31.4. The van der Waals surface area contributed by atoms with Crippen molar-refractivity contribution < 1.29 is 4.79 Å². The standard InChI is InChI=1S/C13H24O/c1-5-6-12(14)11-7-8-13(3,4)9-10(11)2/h10-11H,5-9H2,1-4H3. The third-order valence-corrected chi connectivity index (χ3v) is 3.60. The van der Waals surface area contributed by atoms with Gasteiger partial charge in [-0.15, -0.1) is 0 Å². The van der Waals surface area contributed by atoms with Crippen molar-refractivity contribution in [2.75, 3.05) is 0 Å². The molecule has 1 heteroatoms. The first-order chi connectivity index (χ1) is 6.46. The Morgan fingerprint density at radius 3 is 2.57 bits per heavy atom. The van der Waals surface area contributed by atoms with Crippen LogP contribution in [-0.4, -0.2) is 5.78 Å². The van der Waals surface area contributed by atoms with Crippen molar-refractivity contribution in [2.24, 2.45) is 17.3 Å². The van der Waals surface area contributed by atoms with Gasteiger partial charge in [-0.05, 0) is 37.0 Å². The second kappa shape index (κ2) is 4.46. The van der Waals surface area contributed by atoms with Crippen molar-refractivity contribution in [1.29, 1.82) is 0 Å². The van der Waals surface area contributed by atoms with Crippen LogP contribution in [0.4, 0.5) is 0 Å². The highest BCUT2D eigenvalue weighted by atomic mass is 16.1. The van der Waals surface area contributed by atoms with Crippen LogP contribution in [0.3, 0.4) is 0 Å². The monoisotopic (exact) mass is 196 g/mol. The predicted octanol–water partition coefficient (Wildman–Crippen LogP) is 3.82. The Balaban J connectivity index is 2.53. The second-order valence-corrected chi connectivity index (χ2v) is 5.71. The highest BCUT2D eigenvalue weighted by Crippen LogP contribution is 2.42. The Bertz CT molecular complexity index is 205. The van der Waals surface area contributed by atoms with E-state index in [1.807, 2.05) is 0 Å². The Hall–Kier alpha value is -0.330. The van der Waals surface area contributed by atoms with E-state index in [1.54, 1.807) is 0 Å². The van der Waals surface area contributed by atoms with Crippen LogP contribution in [0.5, 0.6) is 0 Å². The van der Waals surface area contributed by atoms with Crippen LogP contribution in [0.1, 0.15) is 59.8 Å². The first-order valence-corrected chi connectivity index (χ1v) is 5.99. The summed E-state index contributed by atoms with van der Waals surface area (Å²) in [7, 11) is 0. The van der Waals surface area contributed by atoms with Gasteiger partial charge in [0.15, 0.2) is 0 Å². The van der Waals surface area contributed by atoms with Gasteiger partial charge in [-0.3, -0.25) is 4.79 Å². The summed E-state index contributed by atoms with van der Waals surface area (Å²) in [4.78, 5) is 11.8. The minimum absolute atomic E-state index is 0.364. The summed E-state index contributed by atoms with van der Waals surface area (Å²) < 4.78 is 0. The number of Topliss-reactive ketones (excluding diaryl/α,β-unsaturated/α-hetero) is 1. The molecule has 0 aromatic carbocycles. The third kappa shape index (κ3) is 2.83. The molecule has 82 valence electrons. The van der Waals surface area contributed by atoms with Crippen LogP contribution in [0.2, 0.25) is 0 Å². The summed E-state index contributed by atoms with van der Waals surface area (Å²) in [5.41, 5.74) is 0.461. The number of carbonyl (C=O) groups excluding carboxylic acids is 1. The molecule has 1 saturated carbocycles. The minimum atomic E-state index is 0.364. The number of rotatable bonds is 3. The quantitative estimate of drug-likeness (QED) is 0.670. The maximum atomic E-state index is 11.8. The average molecular weight is 196 g/mol. The van der Waals surface area contributed by atoms with Gasteiger partial charge in [0.05, 0.1) is 0 Å². The number of carbonyl (C=O) groups is 1. The van der Waals surface area contributed by atoms with Gasteiger partial charge in [0.25, 0.3) is 0 Å². The van der Waals surface area contributed by atoms with Gasteiger partial charge in [-0.2, -0.15) is 0 Å². The van der Waals surface area contributed by atoms with E-state index in [-0.39, 0.29) is 0 Å². The van der Waals surface area contributed by atoms with Gasteiger partial charge in [0, 0.05) is 12.3 Å². The summed E-state index contributed by atoms with van der Waals surface area (Å²) in [6.07, 6.45) is 5.35. The van der Waals surface area contributed by atoms with E-state index < -0.39 is 0 Å². The van der Waals surface area contributed by atoms with Gasteiger partial charge in [-0.25, -0.2) is 0 Å². The zero-order valence-electron chi connectivity index (χ0n) is 10.1. The van der Waals surface area contributed by atoms with Crippen molar-refractivity contribution in [2.45, 2.75) is 59.8 Å². The van der Waals surface area contributed by atoms with E-state index in [0.717, 1.165) is 19.3 Å². The van der Waals surface area contributed by atoms with Gasteiger partial charge in [0.1, 0.15) is 5.78 Å². The molecule has 0 radical (unpaired) electrons. The van der Waals surface area contributed by atoms with E-state index in [2.05, 4.69) is 27.7 Å². The molecule has 1 aliphatic carbocycles. The van der Waals surface area contributed by atoms with Crippen LogP contribution < -0.4 is 0 Å². The summed E-state index contributed by atoms with van der Waals surface area (Å²) in [6, 6.07) is 0. The van der Waals surface area contributed by atoms with Crippen molar-refractivity contribution >= 4 is 5.78 Å². The lowest BCUT2D eigenvalue weighted by molar-refractivity contribution is -0.126. The first kappa shape index (κ1) is 11.7. The van der Waals surface area contributed by atoms with Crippen molar-refractivity contribution in [3.8, 4) is 0 Å². The zero-order chi connectivity index (χ0) is 10.8. The fourth-order valence-electron chi connectivity index (χ4n) is 2.86. The molecular weight excluding hydrogens is 172 g/mol. The van der Waals surface area contributed by atoms with Crippen molar-refractivity contribution in [3.05, 3.63) is 0 Å². The SMILES string of the molecule is CCCC(=O)C1CCC(C)(C)CC1C. The maximum Gasteiger partial charge on any atom is 0.136 e. The lowest BCUT2D eigenvalue weighted by Gasteiger charge is -2.38. The molecule has 0 aromatic rings. The van der Waals surface area contributed by atoms with E-state index in [1.165, 1.54) is 12.8 Å². The molecule has 0 saturated heterocycles. The van der Waals surface area contributed by atoms with Gasteiger partial charge in [0.2, 0.25) is 0 Å². The highest BCUT2D eigenvalue weighted by molar-refractivity contribution is 5.81. The molecule has 2 unspecified atom stereocenters. The minimum Gasteiger partial charge on any atom is -0.299 e. The summed E-state index contributed by atoms with van der Waals surface area (Å²) >= 11 is 0. The van der Waals surface area contributed by atoms with Crippen molar-refractivity contribution in [1.82, 2.24) is 0 Å². The highest BCUT2D eigenvalue weighted by Gasteiger charge is 2.35. The lowest BCUT2D eigenvalue weighted by atomic mass is 9.66. The van der Waals surface area contributed by atoms with Crippen LogP contribution in [-0.2, 0) is 4.79 Å².